The maximum absolute atomic E-state index is 13.3. The summed E-state index contributed by atoms with van der Waals surface area (Å²) >= 11 is 1.19. The van der Waals surface area contributed by atoms with E-state index in [0.29, 0.717) is 27.3 Å². The number of fused-ring (bicyclic) bond motifs is 1. The maximum atomic E-state index is 13.3. The Hall–Kier alpha value is -3.25. The number of thioether (sulfide) groups is 1. The molecule has 6 heteroatoms. The van der Waals surface area contributed by atoms with Gasteiger partial charge in [-0.25, -0.2) is 9.37 Å². The molecule has 0 unspecified atom stereocenters. The zero-order valence-corrected chi connectivity index (χ0v) is 15.5. The highest BCUT2D eigenvalue weighted by Gasteiger charge is 2.15. The van der Waals surface area contributed by atoms with Gasteiger partial charge >= 0.3 is 0 Å². The van der Waals surface area contributed by atoms with Crippen LogP contribution in [0.3, 0.4) is 0 Å². The molecule has 4 nitrogen and oxygen atoms in total. The summed E-state index contributed by atoms with van der Waals surface area (Å²) in [6.45, 7) is 0. The van der Waals surface area contributed by atoms with Crippen LogP contribution in [0.15, 0.2) is 88.8 Å². The molecule has 1 heterocycles. The lowest BCUT2D eigenvalue weighted by atomic mass is 10.2. The Bertz CT molecular complexity index is 1200. The first kappa shape index (κ1) is 18.1. The number of carbonyl (C=O) groups is 1. The van der Waals surface area contributed by atoms with Crippen LogP contribution in [0.25, 0.3) is 16.6 Å². The van der Waals surface area contributed by atoms with Crippen LogP contribution in [-0.2, 0) is 0 Å². The lowest BCUT2D eigenvalue weighted by molar-refractivity contribution is 0.102. The zero-order chi connectivity index (χ0) is 19.5. The van der Waals surface area contributed by atoms with Crippen LogP contribution in [0.2, 0.25) is 0 Å². The Morgan fingerprint density at radius 3 is 2.36 bits per heavy atom. The third-order valence-corrected chi connectivity index (χ3v) is 5.20. The molecule has 0 radical (unpaired) electrons. The van der Waals surface area contributed by atoms with E-state index in [2.05, 4.69) is 4.98 Å². The van der Waals surface area contributed by atoms with Gasteiger partial charge in [0.2, 0.25) is 0 Å². The van der Waals surface area contributed by atoms with E-state index < -0.39 is 0 Å². The summed E-state index contributed by atoms with van der Waals surface area (Å²) in [5.41, 5.74) is 1.40. The van der Waals surface area contributed by atoms with E-state index in [-0.39, 0.29) is 22.9 Å². The van der Waals surface area contributed by atoms with Gasteiger partial charge in [0.25, 0.3) is 5.56 Å². The van der Waals surface area contributed by atoms with Gasteiger partial charge in [-0.1, -0.05) is 54.2 Å². The highest BCUT2D eigenvalue weighted by Crippen LogP contribution is 2.22. The van der Waals surface area contributed by atoms with Crippen molar-refractivity contribution in [2.75, 3.05) is 5.75 Å². The molecule has 0 atom stereocenters. The minimum Gasteiger partial charge on any atom is -0.293 e. The topological polar surface area (TPSA) is 52.0 Å². The normalized spacial score (nSPS) is 10.9. The number of ketones is 1. The monoisotopic (exact) mass is 390 g/mol. The quantitative estimate of drug-likeness (QED) is 0.286. The second-order valence-corrected chi connectivity index (χ2v) is 7.05. The Balaban J connectivity index is 1.77. The van der Waals surface area contributed by atoms with Crippen LogP contribution in [0.4, 0.5) is 4.39 Å². The molecule has 138 valence electrons. The Morgan fingerprint density at radius 2 is 1.61 bits per heavy atom. The average Bonchev–Trinajstić information content (AvgIpc) is 2.74. The molecule has 0 spiro atoms. The highest BCUT2D eigenvalue weighted by molar-refractivity contribution is 7.99. The smallest absolute Gasteiger partial charge is 0.266 e. The number of rotatable bonds is 5. The number of aromatic nitrogens is 2. The summed E-state index contributed by atoms with van der Waals surface area (Å²) in [5.74, 6) is -0.312. The van der Waals surface area contributed by atoms with Gasteiger partial charge in [0.1, 0.15) is 5.82 Å². The van der Waals surface area contributed by atoms with E-state index in [1.54, 1.807) is 48.5 Å². The number of halogens is 1. The second-order valence-electron chi connectivity index (χ2n) is 6.11. The van der Waals surface area contributed by atoms with Gasteiger partial charge in [-0.05, 0) is 36.4 Å². The third-order valence-electron chi connectivity index (χ3n) is 4.26. The van der Waals surface area contributed by atoms with E-state index >= 15 is 0 Å². The van der Waals surface area contributed by atoms with Gasteiger partial charge in [0.05, 0.1) is 22.3 Å². The molecule has 1 aromatic heterocycles. The Labute approximate surface area is 164 Å². The Kier molecular flexibility index (Phi) is 5.04. The minimum atomic E-state index is -0.390. The molecular formula is C22H15FN2O2S. The van der Waals surface area contributed by atoms with E-state index in [9.17, 15) is 14.0 Å². The number of Topliss-reactive ketones (excluding diaryl/α,β-unsaturated/α-hetero) is 1. The maximum Gasteiger partial charge on any atom is 0.266 e. The van der Waals surface area contributed by atoms with Crippen LogP contribution < -0.4 is 5.56 Å². The molecule has 4 rings (SSSR count). The summed E-state index contributed by atoms with van der Waals surface area (Å²) in [4.78, 5) is 30.1. The van der Waals surface area contributed by atoms with Crippen LogP contribution in [0, 0.1) is 5.82 Å². The highest BCUT2D eigenvalue weighted by atomic mass is 32.2. The molecule has 0 amide bonds. The minimum absolute atomic E-state index is 0.0568. The lowest BCUT2D eigenvalue weighted by Gasteiger charge is -2.13. The average molecular weight is 390 g/mol. The number of hydrogen-bond donors (Lipinski definition) is 0. The predicted octanol–water partition coefficient (Wildman–Crippen LogP) is 4.50. The summed E-state index contributed by atoms with van der Waals surface area (Å²) in [6, 6.07) is 21.6. The first-order valence-corrected chi connectivity index (χ1v) is 9.61. The number of benzene rings is 3. The van der Waals surface area contributed by atoms with Crippen molar-refractivity contribution in [1.29, 1.82) is 0 Å². The molecule has 0 aliphatic rings. The molecule has 0 N–H and O–H groups in total. The number of para-hydroxylation sites is 1. The fraction of sp³-hybridized carbons (Fsp3) is 0.0455. The van der Waals surface area contributed by atoms with E-state index in [0.717, 1.165) is 0 Å². The molecule has 0 aliphatic heterocycles. The standard InChI is InChI=1S/C22H15FN2O2S/c23-16-10-12-17(13-11-16)25-21(27)18-8-4-5-9-19(18)24-22(25)28-14-20(26)15-6-2-1-3-7-15/h1-13H,14H2. The molecule has 4 aromatic rings. The summed E-state index contributed by atoms with van der Waals surface area (Å²) < 4.78 is 14.8. The largest absolute Gasteiger partial charge is 0.293 e. The van der Waals surface area contributed by atoms with Crippen molar-refractivity contribution < 1.29 is 9.18 Å². The van der Waals surface area contributed by atoms with Gasteiger partial charge in [-0.3, -0.25) is 14.2 Å². The lowest BCUT2D eigenvalue weighted by Crippen LogP contribution is -2.22. The van der Waals surface area contributed by atoms with Gasteiger partial charge in [0, 0.05) is 5.56 Å². The van der Waals surface area contributed by atoms with E-state index in [1.807, 2.05) is 6.07 Å². The van der Waals surface area contributed by atoms with Crippen LogP contribution >= 0.6 is 11.8 Å². The van der Waals surface area contributed by atoms with Crippen molar-refractivity contribution in [3.63, 3.8) is 0 Å². The SMILES string of the molecule is O=C(CSc1nc2ccccc2c(=O)n1-c1ccc(F)cc1)c1ccccc1. The fourth-order valence-electron chi connectivity index (χ4n) is 2.86. The molecule has 3 aromatic carbocycles. The fourth-order valence-corrected chi connectivity index (χ4v) is 3.77. The second kappa shape index (κ2) is 7.78. The molecular weight excluding hydrogens is 375 g/mol. The van der Waals surface area contributed by atoms with Crippen molar-refractivity contribution in [2.45, 2.75) is 5.16 Å². The summed E-state index contributed by atoms with van der Waals surface area (Å²) in [6.07, 6.45) is 0. The molecule has 0 saturated carbocycles. The number of hydrogen-bond acceptors (Lipinski definition) is 4. The van der Waals surface area contributed by atoms with Gasteiger partial charge in [-0.2, -0.15) is 0 Å². The predicted molar refractivity (Wildman–Crippen MR) is 109 cm³/mol. The molecule has 0 fully saturated rings. The zero-order valence-electron chi connectivity index (χ0n) is 14.7. The first-order chi connectivity index (χ1) is 13.6. The van der Waals surface area contributed by atoms with E-state index in [1.165, 1.54) is 40.6 Å². The van der Waals surface area contributed by atoms with Gasteiger partial charge in [-0.15, -0.1) is 0 Å². The molecule has 0 aliphatic carbocycles. The number of carbonyl (C=O) groups excluding carboxylic acids is 1. The van der Waals surface area contributed by atoms with Crippen LogP contribution in [0.5, 0.6) is 0 Å². The summed E-state index contributed by atoms with van der Waals surface area (Å²) in [5, 5.41) is 0.852. The van der Waals surface area contributed by atoms with Crippen molar-refractivity contribution in [3.05, 3.63) is 101 Å². The first-order valence-electron chi connectivity index (χ1n) is 8.62. The van der Waals surface area contributed by atoms with Gasteiger partial charge < -0.3 is 0 Å². The van der Waals surface area contributed by atoms with Crippen molar-refractivity contribution in [2.24, 2.45) is 0 Å². The van der Waals surface area contributed by atoms with Gasteiger partial charge in [0.15, 0.2) is 10.9 Å². The van der Waals surface area contributed by atoms with Crippen molar-refractivity contribution >= 4 is 28.4 Å². The van der Waals surface area contributed by atoms with E-state index in [4.69, 9.17) is 0 Å². The summed E-state index contributed by atoms with van der Waals surface area (Å²) in [7, 11) is 0. The van der Waals surface area contributed by atoms with Crippen molar-refractivity contribution in [3.8, 4) is 5.69 Å². The number of nitrogens with zero attached hydrogens (tertiary/aromatic N) is 2. The molecule has 28 heavy (non-hydrogen) atoms. The molecule has 0 bridgehead atoms. The van der Waals surface area contributed by atoms with Crippen LogP contribution in [-0.4, -0.2) is 21.1 Å². The van der Waals surface area contributed by atoms with Crippen LogP contribution in [0.1, 0.15) is 10.4 Å². The third kappa shape index (κ3) is 3.59. The molecule has 0 saturated heterocycles. The van der Waals surface area contributed by atoms with Crippen molar-refractivity contribution in [1.82, 2.24) is 9.55 Å². The Morgan fingerprint density at radius 1 is 0.929 bits per heavy atom.